The van der Waals surface area contributed by atoms with Crippen LogP contribution in [0, 0.1) is 10.9 Å². The lowest BCUT2D eigenvalue weighted by molar-refractivity contribution is -0.0215. The van der Waals surface area contributed by atoms with Crippen molar-refractivity contribution in [1.82, 2.24) is 14.1 Å². The van der Waals surface area contributed by atoms with Crippen LogP contribution in [0.2, 0.25) is 0 Å². The molecule has 9 heteroatoms. The van der Waals surface area contributed by atoms with Gasteiger partial charge in [0, 0.05) is 0 Å². The molecule has 1 aliphatic heterocycles. The summed E-state index contributed by atoms with van der Waals surface area (Å²) < 4.78 is 15.8. The average molecular weight is 470 g/mol. The summed E-state index contributed by atoms with van der Waals surface area (Å²) >= 11 is 8.39. The van der Waals surface area contributed by atoms with Gasteiger partial charge in [0.05, 0.1) is 30.3 Å². The van der Waals surface area contributed by atoms with Crippen LogP contribution in [0.25, 0.3) is 21.7 Å². The lowest BCUT2D eigenvalue weighted by Gasteiger charge is -2.14. The maximum Gasteiger partial charge on any atom is 0.278 e. The van der Waals surface area contributed by atoms with Crippen molar-refractivity contribution in [3.63, 3.8) is 0 Å². The Morgan fingerprint density at radius 2 is 1.81 bits per heavy atom. The molecule has 31 heavy (non-hydrogen) atoms. The molecule has 158 valence electrons. The summed E-state index contributed by atoms with van der Waals surface area (Å²) in [5, 5.41) is 0.581. The fourth-order valence-corrected chi connectivity index (χ4v) is 5.75. The molecule has 2 aromatic carbocycles. The van der Waals surface area contributed by atoms with E-state index in [1.807, 2.05) is 66.1 Å². The SMILES string of the molecule is Cc1ccccc1-n1c(=S)sc2c(=O)n(-c3ccccc3)c(SCC3OCCO3)nc21. The van der Waals surface area contributed by atoms with Gasteiger partial charge >= 0.3 is 0 Å². The summed E-state index contributed by atoms with van der Waals surface area (Å²) in [6.45, 7) is 3.19. The van der Waals surface area contributed by atoms with Crippen molar-refractivity contribution in [3.8, 4) is 11.4 Å². The molecule has 0 aliphatic carbocycles. The second-order valence-corrected chi connectivity index (χ2v) is 9.63. The Kier molecular flexibility index (Phi) is 5.77. The van der Waals surface area contributed by atoms with E-state index >= 15 is 0 Å². The Balaban J connectivity index is 1.73. The third kappa shape index (κ3) is 3.88. The van der Waals surface area contributed by atoms with Gasteiger partial charge in [-0.2, -0.15) is 0 Å². The van der Waals surface area contributed by atoms with Crippen LogP contribution in [0.3, 0.4) is 0 Å². The smallest absolute Gasteiger partial charge is 0.278 e. The van der Waals surface area contributed by atoms with Crippen molar-refractivity contribution in [1.29, 1.82) is 0 Å². The van der Waals surface area contributed by atoms with E-state index in [-0.39, 0.29) is 11.8 Å². The van der Waals surface area contributed by atoms with E-state index in [4.69, 9.17) is 26.7 Å². The maximum absolute atomic E-state index is 13.6. The van der Waals surface area contributed by atoms with Crippen LogP contribution < -0.4 is 5.56 Å². The zero-order valence-corrected chi connectivity index (χ0v) is 19.1. The standard InChI is InChI=1S/C22H19N3O3S3/c1-14-7-5-6-10-16(14)25-19-18(31-22(25)29)20(26)24(15-8-3-2-4-9-15)21(23-19)30-13-17-27-11-12-28-17/h2-10,17H,11-13H2,1H3. The Morgan fingerprint density at radius 1 is 1.10 bits per heavy atom. The predicted octanol–water partition coefficient (Wildman–Crippen LogP) is 4.74. The first-order valence-corrected chi connectivity index (χ1v) is 12.0. The quantitative estimate of drug-likeness (QED) is 0.239. The first kappa shape index (κ1) is 20.6. The summed E-state index contributed by atoms with van der Waals surface area (Å²) in [6.07, 6.45) is -0.303. The molecule has 0 unspecified atom stereocenters. The molecule has 1 aliphatic rings. The van der Waals surface area contributed by atoms with E-state index in [2.05, 4.69) is 0 Å². The van der Waals surface area contributed by atoms with Crippen LogP contribution in [0.4, 0.5) is 0 Å². The van der Waals surface area contributed by atoms with E-state index in [1.54, 1.807) is 4.57 Å². The van der Waals surface area contributed by atoms with Gasteiger partial charge in [-0.1, -0.05) is 59.5 Å². The number of nitrogens with zero attached hydrogens (tertiary/aromatic N) is 3. The van der Waals surface area contributed by atoms with E-state index < -0.39 is 0 Å². The second kappa shape index (κ2) is 8.68. The molecule has 0 atom stereocenters. The Bertz CT molecular complexity index is 1360. The van der Waals surface area contributed by atoms with Gasteiger partial charge < -0.3 is 9.47 Å². The van der Waals surface area contributed by atoms with Crippen LogP contribution in [0.1, 0.15) is 5.56 Å². The van der Waals surface area contributed by atoms with Crippen molar-refractivity contribution in [2.45, 2.75) is 18.4 Å². The monoisotopic (exact) mass is 469 g/mol. The van der Waals surface area contributed by atoms with Crippen molar-refractivity contribution in [3.05, 3.63) is 74.5 Å². The highest BCUT2D eigenvalue weighted by molar-refractivity contribution is 7.99. The van der Waals surface area contributed by atoms with Crippen molar-refractivity contribution in [2.75, 3.05) is 19.0 Å². The third-order valence-electron chi connectivity index (χ3n) is 4.99. The maximum atomic E-state index is 13.6. The summed E-state index contributed by atoms with van der Waals surface area (Å²) in [5.74, 6) is 0.542. The number of thiazole rings is 1. The molecule has 0 spiro atoms. The highest BCUT2D eigenvalue weighted by Gasteiger charge is 2.22. The van der Waals surface area contributed by atoms with E-state index in [1.165, 1.54) is 23.1 Å². The molecule has 4 aromatic rings. The minimum absolute atomic E-state index is 0.129. The topological polar surface area (TPSA) is 58.3 Å². The number of ether oxygens (including phenoxy) is 2. The van der Waals surface area contributed by atoms with E-state index in [0.717, 1.165) is 16.9 Å². The van der Waals surface area contributed by atoms with E-state index in [0.29, 0.717) is 38.4 Å². The van der Waals surface area contributed by atoms with Crippen molar-refractivity contribution in [2.24, 2.45) is 0 Å². The molecule has 2 aromatic heterocycles. The van der Waals surface area contributed by atoms with Crippen LogP contribution in [-0.4, -0.2) is 39.4 Å². The Morgan fingerprint density at radius 3 is 2.55 bits per heavy atom. The summed E-state index contributed by atoms with van der Waals surface area (Å²) in [6, 6.07) is 17.5. The van der Waals surface area contributed by atoms with Crippen LogP contribution in [0.15, 0.2) is 64.5 Å². The molecule has 0 bridgehead atoms. The number of aryl methyl sites for hydroxylation is 1. The zero-order chi connectivity index (χ0) is 21.4. The number of rotatable bonds is 5. The number of hydrogen-bond donors (Lipinski definition) is 0. The minimum atomic E-state index is -0.303. The van der Waals surface area contributed by atoms with Crippen molar-refractivity contribution >= 4 is 45.7 Å². The van der Waals surface area contributed by atoms with Gasteiger partial charge in [-0.15, -0.1) is 0 Å². The predicted molar refractivity (Wildman–Crippen MR) is 127 cm³/mol. The molecular weight excluding hydrogens is 450 g/mol. The molecule has 0 amide bonds. The largest absolute Gasteiger partial charge is 0.349 e. The van der Waals surface area contributed by atoms with Crippen LogP contribution in [-0.2, 0) is 9.47 Å². The lowest BCUT2D eigenvalue weighted by atomic mass is 10.2. The summed E-state index contributed by atoms with van der Waals surface area (Å²) in [4.78, 5) is 18.6. The Hall–Kier alpha value is -2.30. The Labute approximate surface area is 192 Å². The average Bonchev–Trinajstić information content (AvgIpc) is 3.41. The van der Waals surface area contributed by atoms with Crippen LogP contribution >= 0.6 is 35.3 Å². The number of hydrogen-bond acceptors (Lipinski definition) is 7. The molecule has 3 heterocycles. The van der Waals surface area contributed by atoms with Gasteiger partial charge in [-0.05, 0) is 42.9 Å². The molecule has 1 fully saturated rings. The number of para-hydroxylation sites is 2. The highest BCUT2D eigenvalue weighted by atomic mass is 32.2. The van der Waals surface area contributed by atoms with E-state index in [9.17, 15) is 4.79 Å². The number of fused-ring (bicyclic) bond motifs is 1. The zero-order valence-electron chi connectivity index (χ0n) is 16.7. The van der Waals surface area contributed by atoms with Gasteiger partial charge in [-0.25, -0.2) is 4.98 Å². The van der Waals surface area contributed by atoms with Gasteiger partial charge in [0.1, 0.15) is 4.70 Å². The number of thioether (sulfide) groups is 1. The molecule has 5 rings (SSSR count). The van der Waals surface area contributed by atoms with Gasteiger partial charge in [0.15, 0.2) is 21.0 Å². The normalized spacial score (nSPS) is 14.5. The fourth-order valence-electron chi connectivity index (χ4n) is 3.51. The number of benzene rings is 2. The highest BCUT2D eigenvalue weighted by Crippen LogP contribution is 2.29. The summed E-state index contributed by atoms with van der Waals surface area (Å²) in [5.41, 5.74) is 3.21. The molecule has 6 nitrogen and oxygen atoms in total. The third-order valence-corrected chi connectivity index (χ3v) is 7.31. The van der Waals surface area contributed by atoms with Gasteiger partial charge in [0.2, 0.25) is 0 Å². The van der Waals surface area contributed by atoms with Crippen molar-refractivity contribution < 1.29 is 9.47 Å². The summed E-state index contributed by atoms with van der Waals surface area (Å²) in [7, 11) is 0. The fraction of sp³-hybridized carbons (Fsp3) is 0.227. The molecule has 0 saturated carbocycles. The molecular formula is C22H19N3O3S3. The molecule has 1 saturated heterocycles. The number of aromatic nitrogens is 3. The molecule has 0 N–H and O–H groups in total. The minimum Gasteiger partial charge on any atom is -0.349 e. The first-order chi connectivity index (χ1) is 15.1. The van der Waals surface area contributed by atoms with Gasteiger partial charge in [-0.3, -0.25) is 13.9 Å². The molecule has 0 radical (unpaired) electrons. The lowest BCUT2D eigenvalue weighted by Crippen LogP contribution is -2.22. The van der Waals surface area contributed by atoms with Crippen LogP contribution in [0.5, 0.6) is 0 Å². The second-order valence-electron chi connectivity index (χ2n) is 7.00. The van der Waals surface area contributed by atoms with Gasteiger partial charge in [0.25, 0.3) is 5.56 Å². The first-order valence-electron chi connectivity index (χ1n) is 9.79.